The maximum atomic E-state index is 8.00. The molecule has 8 bridgehead atoms. The van der Waals surface area contributed by atoms with E-state index in [0.717, 1.165) is 74.1 Å². The number of nitrogens with one attached hydrogen (secondary N) is 2. The molecule has 0 radical (unpaired) electrons. The molecule has 2 aliphatic rings. The van der Waals surface area contributed by atoms with E-state index in [4.69, 9.17) is 14.8 Å². The van der Waals surface area contributed by atoms with Gasteiger partial charge in [-0.3, -0.25) is 0 Å². The molecule has 5 nitrogen and oxygen atoms in total. The SMILES string of the molecule is C=O.CCC1=C(CC)c2cc3[nH]c(cc4[nH]c(cc5nc(cc1n2)C(CC)=C5CC)c(CC)c4CC)c(CC)c3CC.[Ru]. The first-order valence-electron chi connectivity index (χ1n) is 16.0. The number of allylic oxidation sites excluding steroid dienone is 4. The van der Waals surface area contributed by atoms with Crippen LogP contribution in [0.1, 0.15) is 126 Å². The molecule has 3 aromatic rings. The first-order chi connectivity index (χ1) is 20.5. The van der Waals surface area contributed by atoms with Gasteiger partial charge in [-0.15, -0.1) is 0 Å². The van der Waals surface area contributed by atoms with Gasteiger partial charge >= 0.3 is 0 Å². The van der Waals surface area contributed by atoms with Gasteiger partial charge in [-0.05, 0) is 120 Å². The molecule has 6 heteroatoms. The van der Waals surface area contributed by atoms with E-state index in [2.05, 4.69) is 89.6 Å². The minimum atomic E-state index is 0. The average Bonchev–Trinajstić information content (AvgIpc) is 3.73. The van der Waals surface area contributed by atoms with Crippen LogP contribution in [0.2, 0.25) is 0 Å². The molecular formula is C37H48N4ORu. The summed E-state index contributed by atoms with van der Waals surface area (Å²) in [5.74, 6) is 0. The second kappa shape index (κ2) is 15.1. The summed E-state index contributed by atoms with van der Waals surface area (Å²) < 4.78 is 0. The minimum absolute atomic E-state index is 0. The fourth-order valence-corrected chi connectivity index (χ4v) is 7.10. The zero-order valence-corrected chi connectivity index (χ0v) is 29.1. The van der Waals surface area contributed by atoms with Gasteiger partial charge in [0.15, 0.2) is 0 Å². The van der Waals surface area contributed by atoms with E-state index in [1.54, 1.807) is 0 Å². The summed E-state index contributed by atoms with van der Waals surface area (Å²) in [5, 5.41) is 0. The Morgan fingerprint density at radius 2 is 0.698 bits per heavy atom. The van der Waals surface area contributed by atoms with Gasteiger partial charge in [-0.25, -0.2) is 9.97 Å². The number of rotatable bonds is 8. The van der Waals surface area contributed by atoms with Crippen LogP contribution in [0.4, 0.5) is 0 Å². The van der Waals surface area contributed by atoms with Crippen molar-refractivity contribution < 1.29 is 24.3 Å². The van der Waals surface area contributed by atoms with E-state index < -0.39 is 0 Å². The van der Waals surface area contributed by atoms with Gasteiger partial charge in [0.1, 0.15) is 6.79 Å². The largest absolute Gasteiger partial charge is 0.355 e. The summed E-state index contributed by atoms with van der Waals surface area (Å²) >= 11 is 0. The van der Waals surface area contributed by atoms with Crippen LogP contribution in [0.5, 0.6) is 0 Å². The van der Waals surface area contributed by atoms with E-state index in [1.165, 1.54) is 66.6 Å². The number of fused-ring (bicyclic) bond motifs is 8. The Labute approximate surface area is 270 Å². The van der Waals surface area contributed by atoms with Crippen molar-refractivity contribution in [3.8, 4) is 0 Å². The molecule has 0 atom stereocenters. The van der Waals surface area contributed by atoms with Gasteiger partial charge < -0.3 is 14.8 Å². The molecular weight excluding hydrogens is 618 g/mol. The summed E-state index contributed by atoms with van der Waals surface area (Å²) in [7, 11) is 0. The van der Waals surface area contributed by atoms with Gasteiger partial charge in [0.2, 0.25) is 0 Å². The van der Waals surface area contributed by atoms with Crippen molar-refractivity contribution >= 4 is 51.1 Å². The monoisotopic (exact) mass is 666 g/mol. The maximum Gasteiger partial charge on any atom is 0.106 e. The fraction of sp³-hybridized carbons (Fsp3) is 0.432. The van der Waals surface area contributed by atoms with E-state index in [0.29, 0.717) is 0 Å². The molecule has 0 aliphatic carbocycles. The van der Waals surface area contributed by atoms with Gasteiger partial charge in [-0.1, -0.05) is 55.4 Å². The first-order valence-corrected chi connectivity index (χ1v) is 16.0. The third-order valence-electron chi connectivity index (χ3n) is 8.97. The van der Waals surface area contributed by atoms with Crippen molar-refractivity contribution in [3.63, 3.8) is 0 Å². The number of nitrogens with zero attached hydrogens (tertiary/aromatic N) is 2. The zero-order valence-electron chi connectivity index (χ0n) is 27.3. The number of aromatic nitrogens is 4. The summed E-state index contributed by atoms with van der Waals surface area (Å²) in [5.41, 5.74) is 20.2. The second-order valence-electron chi connectivity index (χ2n) is 10.9. The number of carbonyl (C=O) groups excluding carboxylic acids is 1. The van der Waals surface area contributed by atoms with Crippen molar-refractivity contribution in [1.82, 2.24) is 19.9 Å². The molecule has 5 heterocycles. The quantitative estimate of drug-likeness (QED) is 0.235. The van der Waals surface area contributed by atoms with Crippen molar-refractivity contribution in [3.05, 3.63) is 69.3 Å². The van der Waals surface area contributed by atoms with Crippen LogP contribution in [0.15, 0.2) is 24.3 Å². The molecule has 0 spiro atoms. The molecule has 2 aliphatic heterocycles. The van der Waals surface area contributed by atoms with Crippen LogP contribution in [-0.2, 0) is 50.0 Å². The van der Waals surface area contributed by atoms with Crippen molar-refractivity contribution in [2.75, 3.05) is 0 Å². The topological polar surface area (TPSA) is 74.4 Å². The van der Waals surface area contributed by atoms with Gasteiger partial charge in [0.05, 0.1) is 22.8 Å². The molecule has 43 heavy (non-hydrogen) atoms. The minimum Gasteiger partial charge on any atom is -0.355 e. The molecule has 3 aromatic heterocycles. The predicted octanol–water partition coefficient (Wildman–Crippen LogP) is 9.84. The summed E-state index contributed by atoms with van der Waals surface area (Å²) in [6.45, 7) is 20.1. The van der Waals surface area contributed by atoms with E-state index in [1.807, 2.05) is 6.79 Å². The van der Waals surface area contributed by atoms with Crippen molar-refractivity contribution in [2.24, 2.45) is 0 Å². The standard InChI is InChI=1S/C36H46N4.CH2O.Ru/c1-9-21-22(10-2)30-18-32-25(13-5)26(14-6)34(39-32)20-36-28(16-8)27(15-7)35(40-36)19-33-24(12-4)23(11-3)31(38-33)17-29(21)37-30;1-2;/h17-20,37-38H,9-16H2,1-8H3;1H2;. The number of hydrogen-bond acceptors (Lipinski definition) is 3. The molecule has 2 N–H and O–H groups in total. The first kappa shape index (κ1) is 34.4. The average molecular weight is 666 g/mol. The van der Waals surface area contributed by atoms with Crippen LogP contribution in [0.3, 0.4) is 0 Å². The Morgan fingerprint density at radius 1 is 0.442 bits per heavy atom. The Bertz CT molecular complexity index is 1580. The fourth-order valence-electron chi connectivity index (χ4n) is 7.10. The normalized spacial score (nSPS) is 12.7. The van der Waals surface area contributed by atoms with Crippen molar-refractivity contribution in [1.29, 1.82) is 0 Å². The predicted molar refractivity (Wildman–Crippen MR) is 180 cm³/mol. The summed E-state index contributed by atoms with van der Waals surface area (Å²) in [4.78, 5) is 26.2. The van der Waals surface area contributed by atoms with Crippen LogP contribution < -0.4 is 0 Å². The Balaban J connectivity index is 0.00000165. The Hall–Kier alpha value is -3.11. The molecule has 0 fully saturated rings. The number of hydrogen-bond donors (Lipinski definition) is 2. The smallest absolute Gasteiger partial charge is 0.106 e. The Morgan fingerprint density at radius 3 is 0.953 bits per heavy atom. The van der Waals surface area contributed by atoms with Gasteiger partial charge in [-0.2, -0.15) is 0 Å². The summed E-state index contributed by atoms with van der Waals surface area (Å²) in [6.07, 6.45) is 7.84. The number of carbonyl (C=O) groups is 1. The number of H-pyrrole nitrogens is 2. The van der Waals surface area contributed by atoms with Crippen molar-refractivity contribution in [2.45, 2.75) is 107 Å². The van der Waals surface area contributed by atoms with Crippen LogP contribution in [0, 0.1) is 0 Å². The van der Waals surface area contributed by atoms with Gasteiger partial charge in [0.25, 0.3) is 0 Å². The molecule has 230 valence electrons. The van der Waals surface area contributed by atoms with E-state index in [9.17, 15) is 0 Å². The molecule has 5 rings (SSSR count). The maximum absolute atomic E-state index is 8.00. The third kappa shape index (κ3) is 6.13. The zero-order chi connectivity index (χ0) is 30.6. The Kier molecular flexibility index (Phi) is 12.0. The molecule has 0 saturated carbocycles. The molecule has 0 aromatic carbocycles. The molecule has 0 amide bonds. The second-order valence-corrected chi connectivity index (χ2v) is 10.9. The summed E-state index contributed by atoms with van der Waals surface area (Å²) in [6, 6.07) is 9.24. The van der Waals surface area contributed by atoms with E-state index in [-0.39, 0.29) is 19.5 Å². The van der Waals surface area contributed by atoms with Gasteiger partial charge in [0, 0.05) is 41.5 Å². The third-order valence-corrected chi connectivity index (χ3v) is 8.97. The number of aryl methyl sites for hydroxylation is 4. The number of aromatic amines is 2. The van der Waals surface area contributed by atoms with Crippen LogP contribution in [0.25, 0.3) is 44.4 Å². The van der Waals surface area contributed by atoms with Crippen LogP contribution >= 0.6 is 0 Å². The molecule has 0 saturated heterocycles. The molecule has 0 unspecified atom stereocenters. The van der Waals surface area contributed by atoms with E-state index >= 15 is 0 Å². The van der Waals surface area contributed by atoms with Crippen LogP contribution in [-0.4, -0.2) is 26.7 Å².